The van der Waals surface area contributed by atoms with E-state index in [9.17, 15) is 13.2 Å². The van der Waals surface area contributed by atoms with E-state index < -0.39 is 17.8 Å². The van der Waals surface area contributed by atoms with E-state index in [4.69, 9.17) is 9.57 Å². The van der Waals surface area contributed by atoms with Gasteiger partial charge in [0.2, 0.25) is 5.90 Å². The molecular formula is C14H10F3N3O2. The van der Waals surface area contributed by atoms with Crippen molar-refractivity contribution in [3.05, 3.63) is 54.1 Å². The van der Waals surface area contributed by atoms with Crippen LogP contribution in [0.25, 0.3) is 0 Å². The van der Waals surface area contributed by atoms with Crippen LogP contribution in [0.15, 0.2) is 48.1 Å². The van der Waals surface area contributed by atoms with Crippen molar-refractivity contribution in [2.75, 3.05) is 0 Å². The molecule has 114 valence electrons. The summed E-state index contributed by atoms with van der Waals surface area (Å²) >= 11 is 0. The van der Waals surface area contributed by atoms with Crippen molar-refractivity contribution >= 4 is 5.90 Å². The molecule has 22 heavy (non-hydrogen) atoms. The van der Waals surface area contributed by atoms with Crippen LogP contribution in [-0.4, -0.2) is 15.9 Å². The highest BCUT2D eigenvalue weighted by Crippen LogP contribution is 2.32. The highest BCUT2D eigenvalue weighted by Gasteiger charge is 2.31. The Morgan fingerprint density at radius 1 is 1.09 bits per heavy atom. The molecule has 0 saturated carbocycles. The highest BCUT2D eigenvalue weighted by atomic mass is 19.4. The van der Waals surface area contributed by atoms with Gasteiger partial charge in [-0.3, -0.25) is 0 Å². The van der Waals surface area contributed by atoms with E-state index in [2.05, 4.69) is 15.1 Å². The average molecular weight is 309 g/mol. The molecule has 1 aromatic carbocycles. The summed E-state index contributed by atoms with van der Waals surface area (Å²) in [6, 6.07) is 4.78. The van der Waals surface area contributed by atoms with Crippen LogP contribution in [0.3, 0.4) is 0 Å². The lowest BCUT2D eigenvalue weighted by molar-refractivity contribution is -0.137. The van der Waals surface area contributed by atoms with Crippen molar-refractivity contribution < 1.29 is 22.7 Å². The largest absolute Gasteiger partial charge is 0.436 e. The van der Waals surface area contributed by atoms with Gasteiger partial charge in [0, 0.05) is 0 Å². The number of ether oxygens (including phenoxy) is 1. The first-order valence-electron chi connectivity index (χ1n) is 6.35. The molecule has 0 N–H and O–H groups in total. The lowest BCUT2D eigenvalue weighted by atomic mass is 10.0. The first-order valence-corrected chi connectivity index (χ1v) is 6.35. The second-order valence-corrected chi connectivity index (χ2v) is 4.58. The topological polar surface area (TPSA) is 56.6 Å². The molecule has 0 spiro atoms. The fourth-order valence-electron chi connectivity index (χ4n) is 1.96. The van der Waals surface area contributed by atoms with Gasteiger partial charge in [0.15, 0.2) is 11.9 Å². The number of hydrogen-bond donors (Lipinski definition) is 0. The molecule has 2 aromatic rings. The number of rotatable bonds is 2. The molecular weight excluding hydrogens is 299 g/mol. The standard InChI is InChI=1S/C14H10F3N3O2/c15-14(16,17)10-3-1-9(2-4-10)12-5-13(20-22-12)21-11-6-18-8-19-7-11/h1-4,6-8,12H,5H2/t12-/m1/s1. The summed E-state index contributed by atoms with van der Waals surface area (Å²) in [4.78, 5) is 12.8. The Bertz CT molecular complexity index is 672. The summed E-state index contributed by atoms with van der Waals surface area (Å²) < 4.78 is 43.0. The fraction of sp³-hybridized carbons (Fsp3) is 0.214. The molecule has 0 aliphatic carbocycles. The molecule has 1 aromatic heterocycles. The summed E-state index contributed by atoms with van der Waals surface area (Å²) in [7, 11) is 0. The number of hydrogen-bond acceptors (Lipinski definition) is 5. The number of halogens is 3. The van der Waals surface area contributed by atoms with Gasteiger partial charge >= 0.3 is 6.18 Å². The van der Waals surface area contributed by atoms with Gasteiger partial charge in [-0.15, -0.1) is 0 Å². The summed E-state index contributed by atoms with van der Waals surface area (Å²) in [5, 5.41) is 3.78. The zero-order chi connectivity index (χ0) is 15.6. The third-order valence-electron chi connectivity index (χ3n) is 3.02. The van der Waals surface area contributed by atoms with E-state index in [0.29, 0.717) is 23.6 Å². The molecule has 0 fully saturated rings. The first kappa shape index (κ1) is 14.3. The van der Waals surface area contributed by atoms with Crippen molar-refractivity contribution in [1.29, 1.82) is 0 Å². The molecule has 8 heteroatoms. The van der Waals surface area contributed by atoms with E-state index >= 15 is 0 Å². The molecule has 2 heterocycles. The fourth-order valence-corrected chi connectivity index (χ4v) is 1.96. The van der Waals surface area contributed by atoms with Gasteiger partial charge in [-0.1, -0.05) is 17.3 Å². The van der Waals surface area contributed by atoms with Gasteiger partial charge in [-0.25, -0.2) is 9.97 Å². The van der Waals surface area contributed by atoms with Crippen molar-refractivity contribution in [2.24, 2.45) is 5.16 Å². The van der Waals surface area contributed by atoms with Gasteiger partial charge in [-0.05, 0) is 17.7 Å². The zero-order valence-corrected chi connectivity index (χ0v) is 11.1. The van der Waals surface area contributed by atoms with E-state index in [1.54, 1.807) is 0 Å². The van der Waals surface area contributed by atoms with Gasteiger partial charge in [-0.2, -0.15) is 13.2 Å². The lowest BCUT2D eigenvalue weighted by Gasteiger charge is -2.10. The zero-order valence-electron chi connectivity index (χ0n) is 11.1. The lowest BCUT2D eigenvalue weighted by Crippen LogP contribution is -2.08. The molecule has 0 amide bonds. The normalized spacial score (nSPS) is 17.8. The average Bonchev–Trinajstić information content (AvgIpc) is 2.96. The predicted octanol–water partition coefficient (Wildman–Crippen LogP) is 3.35. The molecule has 1 atom stereocenters. The Labute approximate surface area is 123 Å². The second-order valence-electron chi connectivity index (χ2n) is 4.58. The van der Waals surface area contributed by atoms with Crippen LogP contribution in [0.5, 0.6) is 5.75 Å². The minimum Gasteiger partial charge on any atom is -0.436 e. The van der Waals surface area contributed by atoms with E-state index in [-0.39, 0.29) is 0 Å². The summed E-state index contributed by atoms with van der Waals surface area (Å²) in [5.41, 5.74) is -0.104. The third-order valence-corrected chi connectivity index (χ3v) is 3.02. The molecule has 0 bridgehead atoms. The molecule has 5 nitrogen and oxygen atoms in total. The molecule has 1 aliphatic rings. The van der Waals surface area contributed by atoms with Crippen LogP contribution in [-0.2, 0) is 11.0 Å². The van der Waals surface area contributed by atoms with Crippen LogP contribution in [0.4, 0.5) is 13.2 Å². The SMILES string of the molecule is FC(F)(F)c1ccc([C@H]2CC(Oc3cncnc3)=NO2)cc1. The monoisotopic (exact) mass is 309 g/mol. The van der Waals surface area contributed by atoms with E-state index in [0.717, 1.165) is 12.1 Å². The maximum absolute atomic E-state index is 12.5. The number of benzene rings is 1. The Hall–Kier alpha value is -2.64. The maximum Gasteiger partial charge on any atom is 0.416 e. The number of alkyl halides is 3. The van der Waals surface area contributed by atoms with Crippen molar-refractivity contribution in [3.63, 3.8) is 0 Å². The minimum atomic E-state index is -4.35. The van der Waals surface area contributed by atoms with E-state index in [1.807, 2.05) is 0 Å². The van der Waals surface area contributed by atoms with Gasteiger partial charge in [0.05, 0.1) is 24.4 Å². The quantitative estimate of drug-likeness (QED) is 0.853. The Balaban J connectivity index is 1.64. The molecule has 0 radical (unpaired) electrons. The van der Waals surface area contributed by atoms with Crippen molar-refractivity contribution in [1.82, 2.24) is 9.97 Å². The van der Waals surface area contributed by atoms with E-state index in [1.165, 1.54) is 30.9 Å². The first-order chi connectivity index (χ1) is 10.5. The second kappa shape index (κ2) is 5.63. The number of aromatic nitrogens is 2. The Morgan fingerprint density at radius 3 is 2.41 bits per heavy atom. The van der Waals surface area contributed by atoms with Crippen LogP contribution in [0.1, 0.15) is 23.7 Å². The van der Waals surface area contributed by atoms with Crippen LogP contribution in [0, 0.1) is 0 Å². The van der Waals surface area contributed by atoms with Crippen molar-refractivity contribution in [2.45, 2.75) is 18.7 Å². The number of oxime groups is 1. The predicted molar refractivity (Wildman–Crippen MR) is 70.0 cm³/mol. The molecule has 1 aliphatic heterocycles. The smallest absolute Gasteiger partial charge is 0.416 e. The number of nitrogens with zero attached hydrogens (tertiary/aromatic N) is 3. The maximum atomic E-state index is 12.5. The Kier molecular flexibility index (Phi) is 3.66. The molecule has 0 unspecified atom stereocenters. The van der Waals surface area contributed by atoms with Crippen LogP contribution < -0.4 is 4.74 Å². The van der Waals surface area contributed by atoms with Gasteiger partial charge < -0.3 is 9.57 Å². The molecule has 3 rings (SSSR count). The van der Waals surface area contributed by atoms with Gasteiger partial charge in [0.25, 0.3) is 0 Å². The minimum absolute atomic E-state index is 0.319. The highest BCUT2D eigenvalue weighted by molar-refractivity contribution is 5.79. The van der Waals surface area contributed by atoms with Crippen molar-refractivity contribution in [3.8, 4) is 5.75 Å². The van der Waals surface area contributed by atoms with Crippen LogP contribution >= 0.6 is 0 Å². The van der Waals surface area contributed by atoms with Crippen LogP contribution in [0.2, 0.25) is 0 Å². The Morgan fingerprint density at radius 2 is 1.77 bits per heavy atom. The summed E-state index contributed by atoms with van der Waals surface area (Å²) in [5.74, 6) is 0.734. The van der Waals surface area contributed by atoms with Gasteiger partial charge in [0.1, 0.15) is 6.33 Å². The molecule has 0 saturated heterocycles. The summed E-state index contributed by atoms with van der Waals surface area (Å²) in [6.45, 7) is 0. The third kappa shape index (κ3) is 3.16. The summed E-state index contributed by atoms with van der Waals surface area (Å²) in [6.07, 6.45) is -0.193.